The van der Waals surface area contributed by atoms with E-state index in [1.165, 1.54) is 16.7 Å². The zero-order valence-electron chi connectivity index (χ0n) is 17.9. The van der Waals surface area contributed by atoms with Gasteiger partial charge in [0.1, 0.15) is 0 Å². The molecule has 4 rings (SSSR count). The first-order valence-corrected chi connectivity index (χ1v) is 11.5. The third-order valence-corrected chi connectivity index (χ3v) is 6.46. The summed E-state index contributed by atoms with van der Waals surface area (Å²) in [5.41, 5.74) is 6.96. The average molecular weight is 450 g/mol. The van der Waals surface area contributed by atoms with Crippen molar-refractivity contribution in [2.75, 3.05) is 6.54 Å². The first-order chi connectivity index (χ1) is 15.5. The molecule has 2 atom stereocenters. The van der Waals surface area contributed by atoms with Crippen LogP contribution in [-0.2, 0) is 24.1 Å². The zero-order chi connectivity index (χ0) is 22.5. The van der Waals surface area contributed by atoms with Crippen LogP contribution in [0.1, 0.15) is 41.2 Å². The number of fused-ring (bicyclic) bond motifs is 1. The van der Waals surface area contributed by atoms with E-state index in [9.17, 15) is 9.90 Å². The van der Waals surface area contributed by atoms with E-state index in [0.29, 0.717) is 24.0 Å². The Morgan fingerprint density at radius 1 is 1.00 bits per heavy atom. The van der Waals surface area contributed by atoms with Crippen molar-refractivity contribution in [1.29, 1.82) is 0 Å². The van der Waals surface area contributed by atoms with Crippen molar-refractivity contribution in [3.63, 3.8) is 0 Å². The molecule has 3 N–H and O–H groups in total. The highest BCUT2D eigenvalue weighted by atomic mass is 35.5. The molecule has 0 heterocycles. The van der Waals surface area contributed by atoms with Gasteiger partial charge in [-0.05, 0) is 71.2 Å². The largest absolute Gasteiger partial charge is 0.481 e. The molecule has 0 amide bonds. The van der Waals surface area contributed by atoms with Crippen LogP contribution < -0.4 is 5.32 Å². The quantitative estimate of drug-likeness (QED) is 0.441. The summed E-state index contributed by atoms with van der Waals surface area (Å²) in [6.07, 6.45) is 3.16. The van der Waals surface area contributed by atoms with Crippen molar-refractivity contribution in [2.24, 2.45) is 0 Å². The van der Waals surface area contributed by atoms with Gasteiger partial charge in [0.15, 0.2) is 0 Å². The standard InChI is InChI=1S/C27H28ClNO3/c28-24-11-8-21(9-12-24)26(30)17-29-25-13-10-20-6-7-22(15-23(20)16-25)19-4-1-18(2-5-19)3-14-27(31)32/h1-2,4-9,11-12,15,25-26,29-30H,3,10,13-14,16-17H2,(H,31,32)/t25-,26+/m0/s1. The van der Waals surface area contributed by atoms with Gasteiger partial charge >= 0.3 is 5.97 Å². The summed E-state index contributed by atoms with van der Waals surface area (Å²) in [6, 6.07) is 22.5. The van der Waals surface area contributed by atoms with Crippen molar-refractivity contribution < 1.29 is 15.0 Å². The molecule has 166 valence electrons. The predicted octanol–water partition coefficient (Wildman–Crippen LogP) is 5.20. The van der Waals surface area contributed by atoms with Gasteiger partial charge in [-0.1, -0.05) is 66.2 Å². The number of aliphatic carboxylic acids is 1. The first-order valence-electron chi connectivity index (χ1n) is 11.1. The van der Waals surface area contributed by atoms with Gasteiger partial charge < -0.3 is 15.5 Å². The van der Waals surface area contributed by atoms with Gasteiger partial charge in [-0.15, -0.1) is 0 Å². The highest BCUT2D eigenvalue weighted by Gasteiger charge is 2.20. The Bertz CT molecular complexity index is 1060. The predicted molar refractivity (Wildman–Crippen MR) is 128 cm³/mol. The first kappa shape index (κ1) is 22.5. The van der Waals surface area contributed by atoms with Crippen LogP contribution in [0.2, 0.25) is 5.02 Å². The summed E-state index contributed by atoms with van der Waals surface area (Å²) < 4.78 is 0. The van der Waals surface area contributed by atoms with E-state index in [1.807, 2.05) is 24.3 Å². The number of halogens is 1. The van der Waals surface area contributed by atoms with Crippen molar-refractivity contribution in [2.45, 2.75) is 44.2 Å². The number of carboxylic acids is 1. The second-order valence-corrected chi connectivity index (χ2v) is 8.93. The highest BCUT2D eigenvalue weighted by Crippen LogP contribution is 2.28. The molecule has 0 radical (unpaired) electrons. The third kappa shape index (κ3) is 5.77. The molecule has 0 fully saturated rings. The summed E-state index contributed by atoms with van der Waals surface area (Å²) in [4.78, 5) is 10.8. The molecule has 0 aromatic heterocycles. The van der Waals surface area contributed by atoms with Crippen LogP contribution >= 0.6 is 11.6 Å². The van der Waals surface area contributed by atoms with E-state index < -0.39 is 12.1 Å². The maximum absolute atomic E-state index is 10.8. The smallest absolute Gasteiger partial charge is 0.303 e. The molecule has 0 bridgehead atoms. The minimum atomic E-state index is -0.771. The van der Waals surface area contributed by atoms with Crippen molar-refractivity contribution in [3.8, 4) is 11.1 Å². The Balaban J connectivity index is 1.38. The molecule has 0 saturated heterocycles. The molecule has 0 aliphatic heterocycles. The van der Waals surface area contributed by atoms with Crippen molar-refractivity contribution in [3.05, 3.63) is 94.0 Å². The van der Waals surface area contributed by atoms with Crippen LogP contribution in [0.3, 0.4) is 0 Å². The van der Waals surface area contributed by atoms with Gasteiger partial charge in [0.2, 0.25) is 0 Å². The number of nitrogens with one attached hydrogen (secondary N) is 1. The molecule has 0 unspecified atom stereocenters. The SMILES string of the molecule is O=C(O)CCc1ccc(-c2ccc3c(c2)C[C@@H](NC[C@@H](O)c2ccc(Cl)cc2)CC3)cc1. The van der Waals surface area contributed by atoms with Crippen molar-refractivity contribution in [1.82, 2.24) is 5.32 Å². The van der Waals surface area contributed by atoms with Crippen molar-refractivity contribution >= 4 is 17.6 Å². The summed E-state index contributed by atoms with van der Waals surface area (Å²) in [6.45, 7) is 0.513. The van der Waals surface area contributed by atoms with Gasteiger partial charge in [-0.2, -0.15) is 0 Å². The number of benzene rings is 3. The second kappa shape index (κ2) is 10.3. The molecule has 32 heavy (non-hydrogen) atoms. The summed E-state index contributed by atoms with van der Waals surface area (Å²) >= 11 is 5.93. The molecular weight excluding hydrogens is 422 g/mol. The van der Waals surface area contributed by atoms with Crippen LogP contribution in [-0.4, -0.2) is 28.8 Å². The number of hydrogen-bond acceptors (Lipinski definition) is 3. The highest BCUT2D eigenvalue weighted by molar-refractivity contribution is 6.30. The Morgan fingerprint density at radius 2 is 1.72 bits per heavy atom. The third-order valence-electron chi connectivity index (χ3n) is 6.20. The maximum atomic E-state index is 10.8. The summed E-state index contributed by atoms with van der Waals surface area (Å²) in [5, 5.41) is 23.5. The number of aliphatic hydroxyl groups is 1. The van der Waals surface area contributed by atoms with Crippen LogP contribution in [0.5, 0.6) is 0 Å². The molecule has 0 saturated carbocycles. The lowest BCUT2D eigenvalue weighted by atomic mass is 9.86. The zero-order valence-corrected chi connectivity index (χ0v) is 18.7. The maximum Gasteiger partial charge on any atom is 0.303 e. The Labute approximate surface area is 193 Å². The van der Waals surface area contributed by atoms with E-state index in [-0.39, 0.29) is 6.42 Å². The number of carboxylic acid groups (broad SMARTS) is 1. The molecular formula is C27H28ClNO3. The molecule has 3 aromatic carbocycles. The monoisotopic (exact) mass is 449 g/mol. The summed E-state index contributed by atoms with van der Waals surface area (Å²) in [5.74, 6) is -0.771. The van der Waals surface area contributed by atoms with Gasteiger partial charge in [0, 0.05) is 24.0 Å². The summed E-state index contributed by atoms with van der Waals surface area (Å²) in [7, 11) is 0. The lowest BCUT2D eigenvalue weighted by molar-refractivity contribution is -0.136. The Hall–Kier alpha value is -2.66. The fourth-order valence-electron chi connectivity index (χ4n) is 4.31. The van der Waals surface area contributed by atoms with E-state index in [1.54, 1.807) is 12.1 Å². The molecule has 4 nitrogen and oxygen atoms in total. The number of hydrogen-bond donors (Lipinski definition) is 3. The van der Waals surface area contributed by atoms with Crippen LogP contribution in [0.4, 0.5) is 0 Å². The lowest BCUT2D eigenvalue weighted by Gasteiger charge is -2.27. The van der Waals surface area contributed by atoms with Gasteiger partial charge in [0.05, 0.1) is 6.10 Å². The fraction of sp³-hybridized carbons (Fsp3) is 0.296. The molecule has 1 aliphatic carbocycles. The topological polar surface area (TPSA) is 69.6 Å². The van der Waals surface area contributed by atoms with Crippen LogP contribution in [0, 0.1) is 0 Å². The average Bonchev–Trinajstić information content (AvgIpc) is 2.81. The van der Waals surface area contributed by atoms with E-state index in [2.05, 4.69) is 35.6 Å². The van der Waals surface area contributed by atoms with E-state index >= 15 is 0 Å². The number of aliphatic hydroxyl groups excluding tert-OH is 1. The normalized spacial score (nSPS) is 16.4. The minimum absolute atomic E-state index is 0.152. The van der Waals surface area contributed by atoms with Gasteiger partial charge in [0.25, 0.3) is 0 Å². The van der Waals surface area contributed by atoms with E-state index in [0.717, 1.165) is 36.0 Å². The Morgan fingerprint density at radius 3 is 2.44 bits per heavy atom. The van der Waals surface area contributed by atoms with E-state index in [4.69, 9.17) is 16.7 Å². The Kier molecular flexibility index (Phi) is 7.26. The molecule has 5 heteroatoms. The number of aryl methyl sites for hydroxylation is 2. The number of rotatable bonds is 8. The molecule has 1 aliphatic rings. The second-order valence-electron chi connectivity index (χ2n) is 8.49. The van der Waals surface area contributed by atoms with Gasteiger partial charge in [-0.25, -0.2) is 0 Å². The number of carbonyl (C=O) groups is 1. The van der Waals surface area contributed by atoms with Crippen LogP contribution in [0.15, 0.2) is 66.7 Å². The fourth-order valence-corrected chi connectivity index (χ4v) is 4.43. The lowest BCUT2D eigenvalue weighted by Crippen LogP contribution is -2.37. The molecule has 0 spiro atoms. The van der Waals surface area contributed by atoms with Gasteiger partial charge in [-0.3, -0.25) is 4.79 Å². The minimum Gasteiger partial charge on any atom is -0.481 e. The van der Waals surface area contributed by atoms with Crippen LogP contribution in [0.25, 0.3) is 11.1 Å². The molecule has 3 aromatic rings.